The summed E-state index contributed by atoms with van der Waals surface area (Å²) in [6, 6.07) is 11.8. The molecule has 9 nitrogen and oxygen atoms in total. The van der Waals surface area contributed by atoms with E-state index in [1.54, 1.807) is 32.3 Å². The number of rotatable bonds is 9. The van der Waals surface area contributed by atoms with Crippen molar-refractivity contribution < 1.29 is 28.0 Å². The van der Waals surface area contributed by atoms with Gasteiger partial charge in [-0.05, 0) is 42.8 Å². The fraction of sp³-hybridized carbons (Fsp3) is 0.238. The molecule has 0 spiro atoms. The van der Waals surface area contributed by atoms with Crippen LogP contribution >= 0.6 is 0 Å². The van der Waals surface area contributed by atoms with Gasteiger partial charge in [0.25, 0.3) is 11.6 Å². The zero-order valence-electron chi connectivity index (χ0n) is 17.3. The molecule has 0 bridgehead atoms. The van der Waals surface area contributed by atoms with Gasteiger partial charge in [-0.15, -0.1) is 0 Å². The zero-order chi connectivity index (χ0) is 23.3. The van der Waals surface area contributed by atoms with Crippen molar-refractivity contribution in [1.29, 1.82) is 0 Å². The van der Waals surface area contributed by atoms with Gasteiger partial charge >= 0.3 is 6.61 Å². The predicted molar refractivity (Wildman–Crippen MR) is 110 cm³/mol. The molecule has 0 N–H and O–H groups in total. The second kappa shape index (κ2) is 9.86. The fourth-order valence-electron chi connectivity index (χ4n) is 2.96. The molecule has 0 atom stereocenters. The average molecular weight is 446 g/mol. The van der Waals surface area contributed by atoms with E-state index in [0.29, 0.717) is 11.3 Å². The molecule has 0 aliphatic carbocycles. The first kappa shape index (κ1) is 22.7. The third kappa shape index (κ3) is 5.36. The number of ether oxygens (including phenoxy) is 2. The van der Waals surface area contributed by atoms with Gasteiger partial charge in [-0.25, -0.2) is 4.68 Å². The van der Waals surface area contributed by atoms with Crippen molar-refractivity contribution >= 4 is 11.6 Å². The topological polar surface area (TPSA) is 99.7 Å². The van der Waals surface area contributed by atoms with Crippen LogP contribution in [0.2, 0.25) is 0 Å². The highest BCUT2D eigenvalue weighted by atomic mass is 19.3. The smallest absolute Gasteiger partial charge is 0.387 e. The Kier molecular flexibility index (Phi) is 6.98. The lowest BCUT2D eigenvalue weighted by Gasteiger charge is -2.18. The van der Waals surface area contributed by atoms with E-state index in [9.17, 15) is 23.7 Å². The summed E-state index contributed by atoms with van der Waals surface area (Å²) >= 11 is 0. The van der Waals surface area contributed by atoms with E-state index in [4.69, 9.17) is 4.74 Å². The second-order valence-corrected chi connectivity index (χ2v) is 6.67. The lowest BCUT2D eigenvalue weighted by molar-refractivity contribution is -0.384. The van der Waals surface area contributed by atoms with Gasteiger partial charge < -0.3 is 14.4 Å². The molecule has 2 aromatic carbocycles. The van der Waals surface area contributed by atoms with E-state index in [0.717, 1.165) is 0 Å². The van der Waals surface area contributed by atoms with Crippen LogP contribution in [0.1, 0.15) is 23.0 Å². The highest BCUT2D eigenvalue weighted by Gasteiger charge is 2.18. The molecule has 0 radical (unpaired) electrons. The van der Waals surface area contributed by atoms with Crippen LogP contribution in [0.5, 0.6) is 11.5 Å². The van der Waals surface area contributed by atoms with Crippen molar-refractivity contribution in [2.24, 2.45) is 0 Å². The van der Waals surface area contributed by atoms with Crippen LogP contribution in [0.15, 0.2) is 54.7 Å². The molecular formula is C21H20F2N4O5. The van der Waals surface area contributed by atoms with Crippen molar-refractivity contribution in [2.45, 2.75) is 20.1 Å². The summed E-state index contributed by atoms with van der Waals surface area (Å²) in [6.45, 7) is -0.818. The van der Waals surface area contributed by atoms with Crippen LogP contribution in [0.4, 0.5) is 14.5 Å². The first-order chi connectivity index (χ1) is 15.3. The molecule has 3 aromatic rings. The van der Waals surface area contributed by atoms with Crippen LogP contribution in [-0.4, -0.2) is 45.8 Å². The Bertz CT molecular complexity index is 1100. The number of hydrogen-bond donors (Lipinski definition) is 0. The molecule has 0 aliphatic heterocycles. The molecule has 0 unspecified atom stereocenters. The fourth-order valence-corrected chi connectivity index (χ4v) is 2.96. The maximum atomic E-state index is 12.8. The first-order valence-corrected chi connectivity index (χ1v) is 9.55. The number of nitrogens with zero attached hydrogens (tertiary/aromatic N) is 4. The van der Waals surface area contributed by atoms with E-state index in [2.05, 4.69) is 9.84 Å². The maximum absolute atomic E-state index is 12.8. The molecule has 0 saturated heterocycles. The first-order valence-electron chi connectivity index (χ1n) is 9.55. The molecule has 0 saturated carbocycles. The summed E-state index contributed by atoms with van der Waals surface area (Å²) in [5, 5.41) is 15.0. The molecule has 11 heteroatoms. The third-order valence-electron chi connectivity index (χ3n) is 4.42. The summed E-state index contributed by atoms with van der Waals surface area (Å²) in [6.07, 6.45) is 1.58. The zero-order valence-corrected chi connectivity index (χ0v) is 17.3. The number of non-ortho nitro benzene ring substituents is 1. The number of aromatic nitrogens is 2. The Balaban J connectivity index is 1.72. The maximum Gasteiger partial charge on any atom is 0.387 e. The summed E-state index contributed by atoms with van der Waals surface area (Å²) in [7, 11) is 1.58. The minimum Gasteiger partial charge on any atom is -0.490 e. The number of amides is 1. The van der Waals surface area contributed by atoms with Crippen LogP contribution < -0.4 is 9.47 Å². The Hall–Kier alpha value is -4.02. The molecular weight excluding hydrogens is 426 g/mol. The molecule has 0 aliphatic rings. The molecule has 32 heavy (non-hydrogen) atoms. The van der Waals surface area contributed by atoms with Crippen LogP contribution in [0.3, 0.4) is 0 Å². The monoisotopic (exact) mass is 446 g/mol. The molecule has 1 aromatic heterocycles. The minimum atomic E-state index is -2.98. The lowest BCUT2D eigenvalue weighted by Crippen LogP contribution is -2.26. The Labute approximate surface area is 181 Å². The van der Waals surface area contributed by atoms with Gasteiger partial charge in [0.2, 0.25) is 0 Å². The number of carbonyl (C=O) groups excluding carboxylic acids is 1. The minimum absolute atomic E-state index is 0.0478. The number of hydrogen-bond acceptors (Lipinski definition) is 6. The summed E-state index contributed by atoms with van der Waals surface area (Å²) in [5.41, 5.74) is 1.34. The van der Waals surface area contributed by atoms with Gasteiger partial charge in [-0.1, -0.05) is 6.07 Å². The van der Waals surface area contributed by atoms with Crippen molar-refractivity contribution in [3.05, 3.63) is 76.1 Å². The standard InChI is InChI=1S/C21H20F2N4O5/c1-3-31-19-12-14(4-9-18(19)32-21(22)23)13-25(2)20(28)17-10-11-26(24-17)15-5-7-16(8-6-15)27(29)30/h4-12,21H,3,13H2,1-2H3. The normalized spacial score (nSPS) is 10.8. The summed E-state index contributed by atoms with van der Waals surface area (Å²) in [5.74, 6) is -0.286. The van der Waals surface area contributed by atoms with Crippen molar-refractivity contribution in [1.82, 2.24) is 14.7 Å². The molecule has 168 valence electrons. The number of benzene rings is 2. The van der Waals surface area contributed by atoms with E-state index in [1.165, 1.54) is 46.0 Å². The number of nitro groups is 1. The largest absolute Gasteiger partial charge is 0.490 e. The molecule has 3 rings (SSSR count). The molecule has 1 amide bonds. The second-order valence-electron chi connectivity index (χ2n) is 6.67. The van der Waals surface area contributed by atoms with E-state index < -0.39 is 11.5 Å². The van der Waals surface area contributed by atoms with E-state index in [1.807, 2.05) is 0 Å². The SMILES string of the molecule is CCOc1cc(CN(C)C(=O)c2ccn(-c3ccc([N+](=O)[O-])cc3)n2)ccc1OC(F)F. The van der Waals surface area contributed by atoms with Gasteiger partial charge in [0, 0.05) is 31.9 Å². The van der Waals surface area contributed by atoms with Crippen LogP contribution in [-0.2, 0) is 6.54 Å². The number of nitro benzene ring substituents is 1. The lowest BCUT2D eigenvalue weighted by atomic mass is 10.2. The van der Waals surface area contributed by atoms with Gasteiger partial charge in [-0.2, -0.15) is 13.9 Å². The quantitative estimate of drug-likeness (QED) is 0.363. The van der Waals surface area contributed by atoms with Gasteiger partial charge in [0.1, 0.15) is 0 Å². The Morgan fingerprint density at radius 1 is 1.19 bits per heavy atom. The van der Waals surface area contributed by atoms with E-state index in [-0.39, 0.29) is 41.9 Å². The highest BCUT2D eigenvalue weighted by molar-refractivity contribution is 5.92. The van der Waals surface area contributed by atoms with Crippen molar-refractivity contribution in [3.63, 3.8) is 0 Å². The molecule has 1 heterocycles. The van der Waals surface area contributed by atoms with Gasteiger partial charge in [0.05, 0.1) is 17.2 Å². The Morgan fingerprint density at radius 2 is 1.91 bits per heavy atom. The van der Waals surface area contributed by atoms with Gasteiger partial charge in [0.15, 0.2) is 17.2 Å². The number of carbonyl (C=O) groups is 1. The summed E-state index contributed by atoms with van der Waals surface area (Å²) < 4.78 is 36.4. The third-order valence-corrected chi connectivity index (χ3v) is 4.42. The van der Waals surface area contributed by atoms with Gasteiger partial charge in [-0.3, -0.25) is 14.9 Å². The predicted octanol–water partition coefficient (Wildman–Crippen LogP) is 4.05. The summed E-state index contributed by atoms with van der Waals surface area (Å²) in [4.78, 5) is 24.5. The van der Waals surface area contributed by atoms with Crippen molar-refractivity contribution in [3.8, 4) is 17.2 Å². The average Bonchev–Trinajstić information content (AvgIpc) is 3.25. The van der Waals surface area contributed by atoms with Crippen LogP contribution in [0, 0.1) is 10.1 Å². The number of halogens is 2. The van der Waals surface area contributed by atoms with E-state index >= 15 is 0 Å². The highest BCUT2D eigenvalue weighted by Crippen LogP contribution is 2.30. The van der Waals surface area contributed by atoms with Crippen LogP contribution in [0.25, 0.3) is 5.69 Å². The molecule has 0 fully saturated rings. The Morgan fingerprint density at radius 3 is 2.53 bits per heavy atom. The van der Waals surface area contributed by atoms with Crippen molar-refractivity contribution in [2.75, 3.05) is 13.7 Å². The number of alkyl halides is 2.